The third-order valence-electron chi connectivity index (χ3n) is 4.13. The van der Waals surface area contributed by atoms with Gasteiger partial charge in [-0.2, -0.15) is 0 Å². The summed E-state index contributed by atoms with van der Waals surface area (Å²) in [4.78, 5) is 28.2. The average molecular weight is 378 g/mol. The van der Waals surface area contributed by atoms with Crippen LogP contribution in [0.5, 0.6) is 0 Å². The van der Waals surface area contributed by atoms with Crippen molar-refractivity contribution in [3.05, 3.63) is 95.6 Å². The van der Waals surface area contributed by atoms with Crippen molar-refractivity contribution in [1.82, 2.24) is 10.3 Å². The van der Waals surface area contributed by atoms with E-state index in [9.17, 15) is 14.0 Å². The highest BCUT2D eigenvalue weighted by atomic mass is 19.1. The van der Waals surface area contributed by atoms with E-state index in [4.69, 9.17) is 5.73 Å². The predicted molar refractivity (Wildman–Crippen MR) is 104 cm³/mol. The van der Waals surface area contributed by atoms with Gasteiger partial charge in [0.25, 0.3) is 11.8 Å². The lowest BCUT2D eigenvalue weighted by Gasteiger charge is -2.14. The maximum atomic E-state index is 12.9. The van der Waals surface area contributed by atoms with E-state index in [0.717, 1.165) is 5.56 Å². The zero-order valence-corrected chi connectivity index (χ0v) is 14.9. The second kappa shape index (κ2) is 8.88. The van der Waals surface area contributed by atoms with Gasteiger partial charge in [-0.05, 0) is 54.1 Å². The number of anilines is 1. The number of aromatic nitrogens is 1. The summed E-state index contributed by atoms with van der Waals surface area (Å²) >= 11 is 0. The molecule has 0 fully saturated rings. The van der Waals surface area contributed by atoms with Gasteiger partial charge in [-0.25, -0.2) is 4.39 Å². The Morgan fingerprint density at radius 1 is 0.893 bits per heavy atom. The summed E-state index contributed by atoms with van der Waals surface area (Å²) in [6, 6.07) is 15.1. The number of halogens is 1. The van der Waals surface area contributed by atoms with E-state index in [1.807, 2.05) is 0 Å². The Kier molecular flexibility index (Phi) is 6.08. The molecule has 0 saturated carbocycles. The molecule has 3 rings (SSSR count). The fourth-order valence-corrected chi connectivity index (χ4v) is 2.54. The van der Waals surface area contributed by atoms with Crippen LogP contribution in [0.3, 0.4) is 0 Å². The van der Waals surface area contributed by atoms with Crippen LogP contribution in [0, 0.1) is 5.82 Å². The van der Waals surface area contributed by atoms with Crippen molar-refractivity contribution in [2.24, 2.45) is 5.73 Å². The van der Waals surface area contributed by atoms with Crippen molar-refractivity contribution in [2.75, 3.05) is 11.9 Å². The van der Waals surface area contributed by atoms with Crippen molar-refractivity contribution in [3.63, 3.8) is 0 Å². The molecule has 142 valence electrons. The van der Waals surface area contributed by atoms with Crippen LogP contribution < -0.4 is 16.4 Å². The lowest BCUT2D eigenvalue weighted by Crippen LogP contribution is -2.31. The van der Waals surface area contributed by atoms with E-state index < -0.39 is 11.9 Å². The largest absolute Gasteiger partial charge is 0.350 e. The van der Waals surface area contributed by atoms with Gasteiger partial charge in [0, 0.05) is 41.8 Å². The molecule has 0 spiro atoms. The van der Waals surface area contributed by atoms with Gasteiger partial charge in [0.05, 0.1) is 0 Å². The quantitative estimate of drug-likeness (QED) is 0.614. The van der Waals surface area contributed by atoms with E-state index in [1.54, 1.807) is 48.8 Å². The third-order valence-corrected chi connectivity index (χ3v) is 4.13. The number of nitrogens with one attached hydrogen (secondary N) is 2. The zero-order valence-electron chi connectivity index (χ0n) is 14.9. The first-order chi connectivity index (χ1) is 13.5. The highest BCUT2D eigenvalue weighted by molar-refractivity contribution is 6.04. The minimum Gasteiger partial charge on any atom is -0.350 e. The molecule has 1 atom stereocenters. The fourth-order valence-electron chi connectivity index (χ4n) is 2.54. The van der Waals surface area contributed by atoms with Crippen LogP contribution in [0.1, 0.15) is 32.3 Å². The summed E-state index contributed by atoms with van der Waals surface area (Å²) in [6.07, 6.45) is 3.19. The van der Waals surface area contributed by atoms with Crippen molar-refractivity contribution in [3.8, 4) is 0 Å². The summed E-state index contributed by atoms with van der Waals surface area (Å²) in [6.45, 7) is 0.207. The van der Waals surface area contributed by atoms with Crippen LogP contribution in [0.4, 0.5) is 10.1 Å². The SMILES string of the molecule is NC(CNC(=O)c1ccc(F)cc1)c1ccc(C(=O)Nc2ccncc2)cc1. The lowest BCUT2D eigenvalue weighted by atomic mass is 10.0. The molecule has 28 heavy (non-hydrogen) atoms. The van der Waals surface area contributed by atoms with E-state index in [0.29, 0.717) is 16.8 Å². The topological polar surface area (TPSA) is 97.1 Å². The smallest absolute Gasteiger partial charge is 0.255 e. The molecule has 4 N–H and O–H groups in total. The van der Waals surface area contributed by atoms with Crippen LogP contribution in [0.25, 0.3) is 0 Å². The first-order valence-electron chi connectivity index (χ1n) is 8.63. The molecule has 2 amide bonds. The number of rotatable bonds is 6. The molecule has 0 aliphatic carbocycles. The van der Waals surface area contributed by atoms with Gasteiger partial charge in [0.15, 0.2) is 0 Å². The van der Waals surface area contributed by atoms with Gasteiger partial charge < -0.3 is 16.4 Å². The minimum absolute atomic E-state index is 0.207. The van der Waals surface area contributed by atoms with E-state index in [1.165, 1.54) is 24.3 Å². The van der Waals surface area contributed by atoms with Gasteiger partial charge >= 0.3 is 0 Å². The van der Waals surface area contributed by atoms with Crippen molar-refractivity contribution in [2.45, 2.75) is 6.04 Å². The maximum absolute atomic E-state index is 12.9. The molecular formula is C21H19FN4O2. The summed E-state index contributed by atoms with van der Waals surface area (Å²) in [5, 5.41) is 5.49. The maximum Gasteiger partial charge on any atom is 0.255 e. The number of nitrogens with two attached hydrogens (primary N) is 1. The number of hydrogen-bond donors (Lipinski definition) is 3. The van der Waals surface area contributed by atoms with Gasteiger partial charge in [-0.3, -0.25) is 14.6 Å². The lowest BCUT2D eigenvalue weighted by molar-refractivity contribution is 0.0950. The number of benzene rings is 2. The van der Waals surface area contributed by atoms with Crippen LogP contribution in [-0.2, 0) is 0 Å². The summed E-state index contributed by atoms with van der Waals surface area (Å²) in [5.74, 6) is -0.971. The molecule has 1 heterocycles. The molecule has 0 radical (unpaired) electrons. The Labute approximate surface area is 161 Å². The van der Waals surface area contributed by atoms with Crippen molar-refractivity contribution < 1.29 is 14.0 Å². The molecule has 1 aromatic heterocycles. The van der Waals surface area contributed by atoms with Crippen LogP contribution in [0.2, 0.25) is 0 Å². The summed E-state index contributed by atoms with van der Waals surface area (Å²) in [7, 11) is 0. The molecule has 1 unspecified atom stereocenters. The van der Waals surface area contributed by atoms with Crippen molar-refractivity contribution in [1.29, 1.82) is 0 Å². The Balaban J connectivity index is 1.55. The van der Waals surface area contributed by atoms with Crippen LogP contribution in [-0.4, -0.2) is 23.3 Å². The average Bonchev–Trinajstić information content (AvgIpc) is 2.73. The Bertz CT molecular complexity index is 944. The highest BCUT2D eigenvalue weighted by Crippen LogP contribution is 2.13. The zero-order chi connectivity index (χ0) is 19.9. The van der Waals surface area contributed by atoms with Crippen molar-refractivity contribution >= 4 is 17.5 Å². The Hall–Kier alpha value is -3.58. The number of carbonyl (C=O) groups excluding carboxylic acids is 2. The van der Waals surface area contributed by atoms with E-state index >= 15 is 0 Å². The molecule has 6 nitrogen and oxygen atoms in total. The first kappa shape index (κ1) is 19.2. The summed E-state index contributed by atoms with van der Waals surface area (Å²) < 4.78 is 12.9. The molecule has 0 bridgehead atoms. The van der Waals surface area contributed by atoms with Gasteiger partial charge in [-0.15, -0.1) is 0 Å². The molecule has 7 heteroatoms. The van der Waals surface area contributed by atoms with E-state index in [-0.39, 0.29) is 18.4 Å². The molecule has 0 aliphatic rings. The third kappa shape index (κ3) is 4.99. The molecule has 3 aromatic rings. The standard InChI is InChI=1S/C21H19FN4O2/c22-17-7-5-15(6-8-17)20(27)25-13-19(23)14-1-3-16(4-2-14)21(28)26-18-9-11-24-12-10-18/h1-12,19H,13,23H2,(H,25,27)(H,24,26,28). The number of amides is 2. The van der Waals surface area contributed by atoms with Gasteiger partial charge in [0.1, 0.15) is 5.82 Å². The normalized spacial score (nSPS) is 11.5. The van der Waals surface area contributed by atoms with E-state index in [2.05, 4.69) is 15.6 Å². The second-order valence-corrected chi connectivity index (χ2v) is 6.14. The minimum atomic E-state index is -0.443. The number of pyridine rings is 1. The van der Waals surface area contributed by atoms with Crippen LogP contribution in [0.15, 0.2) is 73.1 Å². The molecule has 0 saturated heterocycles. The Morgan fingerprint density at radius 3 is 2.11 bits per heavy atom. The Morgan fingerprint density at radius 2 is 1.46 bits per heavy atom. The number of carbonyl (C=O) groups is 2. The number of nitrogens with zero attached hydrogens (tertiary/aromatic N) is 1. The van der Waals surface area contributed by atoms with Gasteiger partial charge in [-0.1, -0.05) is 12.1 Å². The molecule has 0 aliphatic heterocycles. The highest BCUT2D eigenvalue weighted by Gasteiger charge is 2.12. The fraction of sp³-hybridized carbons (Fsp3) is 0.0952. The number of hydrogen-bond acceptors (Lipinski definition) is 4. The summed E-state index contributed by atoms with van der Waals surface area (Å²) in [5.41, 5.74) is 8.39. The first-order valence-corrected chi connectivity index (χ1v) is 8.63. The predicted octanol–water partition coefficient (Wildman–Crippen LogP) is 2.90. The molecule has 2 aromatic carbocycles. The second-order valence-electron chi connectivity index (χ2n) is 6.14. The van der Waals surface area contributed by atoms with Crippen LogP contribution >= 0.6 is 0 Å². The van der Waals surface area contributed by atoms with Gasteiger partial charge in [0.2, 0.25) is 0 Å². The monoisotopic (exact) mass is 378 g/mol. The molecular weight excluding hydrogens is 359 g/mol.